The molecule has 0 fully saturated rings. The Labute approximate surface area is 171 Å². The van der Waals surface area contributed by atoms with Crippen LogP contribution in [0.5, 0.6) is 0 Å². The molecule has 1 heterocycles. The van der Waals surface area contributed by atoms with Gasteiger partial charge in [-0.25, -0.2) is 0 Å². The van der Waals surface area contributed by atoms with Gasteiger partial charge in [0.25, 0.3) is 0 Å². The van der Waals surface area contributed by atoms with Crippen LogP contribution in [0, 0.1) is 0 Å². The molecule has 0 amide bonds. The number of benzene rings is 1. The topological polar surface area (TPSA) is 39.1 Å². The third kappa shape index (κ3) is 3.24. The fourth-order valence-electron chi connectivity index (χ4n) is 2.71. The monoisotopic (exact) mass is 577 g/mol. The summed E-state index contributed by atoms with van der Waals surface area (Å²) >= 11 is 4.85. The summed E-state index contributed by atoms with van der Waals surface area (Å²) in [5, 5.41) is -4.07. The summed E-state index contributed by atoms with van der Waals surface area (Å²) in [6.45, 7) is 1.54. The zero-order valence-electron chi connectivity index (χ0n) is 13.2. The van der Waals surface area contributed by atoms with Crippen molar-refractivity contribution >= 4 is 72.2 Å². The van der Waals surface area contributed by atoms with E-state index in [9.17, 15) is 21.6 Å². The molecule has 0 saturated heterocycles. The molecule has 0 bridgehead atoms. The van der Waals surface area contributed by atoms with Gasteiger partial charge >= 0.3 is 173 Å². The number of hydrogen-bond acceptors (Lipinski definition) is 2. The quantitative estimate of drug-likeness (QED) is 0.408. The van der Waals surface area contributed by atoms with Gasteiger partial charge in [-0.1, -0.05) is 0 Å². The normalized spacial score (nSPS) is 24.1. The van der Waals surface area contributed by atoms with Crippen molar-refractivity contribution in [2.45, 2.75) is 21.6 Å². The maximum atomic E-state index is 13.5. The van der Waals surface area contributed by atoms with Crippen LogP contribution in [0.25, 0.3) is 10.9 Å². The van der Waals surface area contributed by atoms with Gasteiger partial charge in [-0.2, -0.15) is 0 Å². The third-order valence-corrected chi connectivity index (χ3v) is 11.1. The molecule has 1 aromatic carbocycles. The zero-order chi connectivity index (χ0) is 19.3. The first kappa shape index (κ1) is 20.2. The molecule has 2 unspecified atom stereocenters. The molecule has 0 radical (unpaired) electrons. The SMILES string of the molecule is CC1(S(=O)(=O)n2cc([Se]C(F)(F)F)c3ccccc32)C(Br)=CC=CC1Br. The predicted molar refractivity (Wildman–Crippen MR) is 105 cm³/mol. The summed E-state index contributed by atoms with van der Waals surface area (Å²) in [6.07, 6.45) is 6.14. The van der Waals surface area contributed by atoms with E-state index in [4.69, 9.17) is 0 Å². The molecule has 0 aliphatic heterocycles. The number of alkyl halides is 4. The van der Waals surface area contributed by atoms with Crippen molar-refractivity contribution in [1.82, 2.24) is 3.97 Å². The van der Waals surface area contributed by atoms with Crippen molar-refractivity contribution in [3.63, 3.8) is 0 Å². The van der Waals surface area contributed by atoms with Crippen molar-refractivity contribution in [3.05, 3.63) is 53.2 Å². The number of hydrogen-bond donors (Lipinski definition) is 0. The van der Waals surface area contributed by atoms with Gasteiger partial charge in [0.05, 0.1) is 0 Å². The van der Waals surface area contributed by atoms with Crippen LogP contribution in [0.2, 0.25) is 0 Å². The summed E-state index contributed by atoms with van der Waals surface area (Å²) in [5.74, 6) is 0. The van der Waals surface area contributed by atoms with Gasteiger partial charge in [0, 0.05) is 0 Å². The minimum absolute atomic E-state index is 0.00893. The molecule has 0 saturated carbocycles. The van der Waals surface area contributed by atoms with E-state index in [1.807, 2.05) is 0 Å². The van der Waals surface area contributed by atoms with E-state index in [0.717, 1.165) is 10.2 Å². The predicted octanol–water partition coefficient (Wildman–Crippen LogP) is 4.04. The van der Waals surface area contributed by atoms with Crippen LogP contribution >= 0.6 is 31.9 Å². The second kappa shape index (κ2) is 6.81. The van der Waals surface area contributed by atoms with Crippen LogP contribution < -0.4 is 4.46 Å². The number of fused-ring (bicyclic) bond motifs is 1. The van der Waals surface area contributed by atoms with E-state index < -0.39 is 39.6 Å². The van der Waals surface area contributed by atoms with Gasteiger partial charge < -0.3 is 0 Å². The average Bonchev–Trinajstić information content (AvgIpc) is 2.90. The van der Waals surface area contributed by atoms with E-state index in [1.165, 1.54) is 19.1 Å². The summed E-state index contributed by atoms with van der Waals surface area (Å²) in [5.41, 5.74) is 0.240. The number of halogens is 5. The van der Waals surface area contributed by atoms with Crippen LogP contribution in [0.1, 0.15) is 6.92 Å². The summed E-state index contributed by atoms with van der Waals surface area (Å²) < 4.78 is 65.8. The van der Waals surface area contributed by atoms with E-state index in [0.29, 0.717) is 9.87 Å². The van der Waals surface area contributed by atoms with Crippen molar-refractivity contribution in [3.8, 4) is 0 Å². The molecule has 1 aromatic heterocycles. The molecule has 0 N–H and O–H groups in total. The molecule has 140 valence electrons. The van der Waals surface area contributed by atoms with Crippen LogP contribution in [0.3, 0.4) is 0 Å². The Morgan fingerprint density at radius 3 is 2.54 bits per heavy atom. The van der Waals surface area contributed by atoms with Crippen LogP contribution in [-0.2, 0) is 10.0 Å². The number of rotatable bonds is 3. The first-order chi connectivity index (χ1) is 12.0. The van der Waals surface area contributed by atoms with E-state index in [-0.39, 0.29) is 9.98 Å². The minimum atomic E-state index is -4.37. The van der Waals surface area contributed by atoms with Gasteiger partial charge in [-0.15, -0.1) is 0 Å². The molecule has 3 rings (SSSR count). The molecule has 26 heavy (non-hydrogen) atoms. The first-order valence-electron chi connectivity index (χ1n) is 7.28. The standard InChI is InChI=1S/C16H12Br2F3NO2SSe/c1-15(13(17)7-4-8-14(15)18)25(23,24)22-9-12(26-16(19,20)21)10-5-2-3-6-11(10)22/h2-9,13H,1H3. The fraction of sp³-hybridized carbons (Fsp3) is 0.250. The second-order valence-electron chi connectivity index (χ2n) is 5.77. The Balaban J connectivity index is 2.25. The second-order valence-corrected chi connectivity index (χ2v) is 12.1. The summed E-state index contributed by atoms with van der Waals surface area (Å²) in [6, 6.07) is 6.25. The summed E-state index contributed by atoms with van der Waals surface area (Å²) in [4.78, 5) is -0.544. The van der Waals surface area contributed by atoms with Crippen molar-refractivity contribution in [1.29, 1.82) is 0 Å². The molecule has 0 spiro atoms. The third-order valence-electron chi connectivity index (χ3n) is 4.19. The Bertz CT molecular complexity index is 1030. The fourth-order valence-corrected chi connectivity index (χ4v) is 8.51. The zero-order valence-corrected chi connectivity index (χ0v) is 18.9. The first-order valence-corrected chi connectivity index (χ1v) is 12.1. The van der Waals surface area contributed by atoms with Crippen molar-refractivity contribution in [2.75, 3.05) is 0 Å². The molecule has 10 heteroatoms. The van der Waals surface area contributed by atoms with E-state index in [2.05, 4.69) is 31.9 Å². The number of allylic oxidation sites excluding steroid dienone is 3. The Morgan fingerprint density at radius 1 is 1.27 bits per heavy atom. The molecule has 3 nitrogen and oxygen atoms in total. The molecular formula is C16H12Br2F3NO2SSe. The van der Waals surface area contributed by atoms with Crippen molar-refractivity contribution < 1.29 is 21.6 Å². The molecular weight excluding hydrogens is 566 g/mol. The van der Waals surface area contributed by atoms with Gasteiger partial charge in [-0.3, -0.25) is 0 Å². The maximum absolute atomic E-state index is 13.5. The van der Waals surface area contributed by atoms with Gasteiger partial charge in [0.15, 0.2) is 0 Å². The van der Waals surface area contributed by atoms with Crippen LogP contribution in [0.15, 0.2) is 53.2 Å². The van der Waals surface area contributed by atoms with Gasteiger partial charge in [-0.05, 0) is 0 Å². The van der Waals surface area contributed by atoms with E-state index >= 15 is 0 Å². The average molecular weight is 578 g/mol. The Hall–Kier alpha value is -0.541. The van der Waals surface area contributed by atoms with Gasteiger partial charge in [0.1, 0.15) is 0 Å². The Morgan fingerprint density at radius 2 is 1.92 bits per heavy atom. The van der Waals surface area contributed by atoms with Gasteiger partial charge in [0.2, 0.25) is 0 Å². The van der Waals surface area contributed by atoms with E-state index in [1.54, 1.807) is 30.4 Å². The van der Waals surface area contributed by atoms with Crippen LogP contribution in [-0.4, -0.2) is 42.0 Å². The van der Waals surface area contributed by atoms with Crippen LogP contribution in [0.4, 0.5) is 13.2 Å². The summed E-state index contributed by atoms with van der Waals surface area (Å²) in [7, 11) is -4.08. The number of nitrogens with zero attached hydrogens (tertiary/aromatic N) is 1. The molecule has 2 aromatic rings. The van der Waals surface area contributed by atoms with Crippen molar-refractivity contribution in [2.24, 2.45) is 0 Å². The molecule has 2 atom stereocenters. The number of aromatic nitrogens is 1. The molecule has 1 aliphatic rings. The molecule has 1 aliphatic carbocycles. The Kier molecular flexibility index (Phi) is 5.29. The number of para-hydroxylation sites is 1.